The second-order valence-electron chi connectivity index (χ2n) is 8.21. The van der Waals surface area contributed by atoms with Gasteiger partial charge in [0.2, 0.25) is 11.8 Å². The van der Waals surface area contributed by atoms with Crippen LogP contribution in [0.2, 0.25) is 0 Å². The number of likely N-dealkylation sites (tertiary alicyclic amines) is 1. The van der Waals surface area contributed by atoms with Crippen LogP contribution in [-0.2, 0) is 9.59 Å². The van der Waals surface area contributed by atoms with Gasteiger partial charge in [-0.1, -0.05) is 25.3 Å². The fraction of sp³-hybridized carbons (Fsp3) is 0.636. The third-order valence-electron chi connectivity index (χ3n) is 5.82. The Kier molecular flexibility index (Phi) is 10.5. The number of nitrogens with zero attached hydrogens (tertiary/aromatic N) is 3. The standard InChI is InChI=1S/C22H34N6O2.HI/c1-16-7-6-10-19(25-16)27-20(29)11-13-24-22(23-2)26-18-12-14-28(15-18)21(30)17-8-4-3-5-9-17;/h6-7,10,17-18H,3-5,8-9,11-15H2,1-2H3,(H2,23,24,26)(H,25,27,29);1H. The third-order valence-corrected chi connectivity index (χ3v) is 5.82. The predicted molar refractivity (Wildman–Crippen MR) is 134 cm³/mol. The summed E-state index contributed by atoms with van der Waals surface area (Å²) in [5.41, 5.74) is 0.864. The number of halogens is 1. The minimum Gasteiger partial charge on any atom is -0.356 e. The molecule has 0 spiro atoms. The molecule has 1 saturated carbocycles. The Balaban J connectivity index is 0.00000341. The van der Waals surface area contributed by atoms with Crippen molar-refractivity contribution in [2.24, 2.45) is 10.9 Å². The quantitative estimate of drug-likeness (QED) is 0.292. The van der Waals surface area contributed by atoms with Gasteiger partial charge in [-0.2, -0.15) is 0 Å². The molecule has 1 aliphatic carbocycles. The summed E-state index contributed by atoms with van der Waals surface area (Å²) in [4.78, 5) is 35.4. The van der Waals surface area contributed by atoms with Crippen molar-refractivity contribution in [2.75, 3.05) is 32.0 Å². The molecule has 8 nitrogen and oxygen atoms in total. The van der Waals surface area contributed by atoms with Gasteiger partial charge in [-0.15, -0.1) is 24.0 Å². The number of pyridine rings is 1. The van der Waals surface area contributed by atoms with E-state index >= 15 is 0 Å². The summed E-state index contributed by atoms with van der Waals surface area (Å²) < 4.78 is 0. The van der Waals surface area contributed by atoms with Crippen molar-refractivity contribution in [3.8, 4) is 0 Å². The highest BCUT2D eigenvalue weighted by atomic mass is 127. The van der Waals surface area contributed by atoms with Gasteiger partial charge < -0.3 is 20.9 Å². The lowest BCUT2D eigenvalue weighted by molar-refractivity contribution is -0.135. The van der Waals surface area contributed by atoms with Crippen molar-refractivity contribution in [1.29, 1.82) is 0 Å². The summed E-state index contributed by atoms with van der Waals surface area (Å²) in [5, 5.41) is 9.37. The van der Waals surface area contributed by atoms with Crippen molar-refractivity contribution in [1.82, 2.24) is 20.5 Å². The van der Waals surface area contributed by atoms with Gasteiger partial charge in [-0.25, -0.2) is 4.98 Å². The van der Waals surface area contributed by atoms with Crippen molar-refractivity contribution in [2.45, 2.75) is 57.9 Å². The molecule has 1 aromatic heterocycles. The number of nitrogens with one attached hydrogen (secondary N) is 3. The molecule has 2 aliphatic rings. The van der Waals surface area contributed by atoms with Crippen molar-refractivity contribution >= 4 is 47.6 Å². The molecule has 3 rings (SSSR count). The zero-order valence-electron chi connectivity index (χ0n) is 18.5. The topological polar surface area (TPSA) is 98.7 Å². The smallest absolute Gasteiger partial charge is 0.227 e. The molecule has 1 atom stereocenters. The number of amides is 2. The molecule has 0 aromatic carbocycles. The van der Waals surface area contributed by atoms with Gasteiger partial charge in [0, 0.05) is 50.8 Å². The number of hydrogen-bond acceptors (Lipinski definition) is 4. The fourth-order valence-electron chi connectivity index (χ4n) is 4.19. The van der Waals surface area contributed by atoms with Crippen LogP contribution in [0.3, 0.4) is 0 Å². The van der Waals surface area contributed by atoms with Crippen molar-refractivity contribution < 1.29 is 9.59 Å². The van der Waals surface area contributed by atoms with Crippen molar-refractivity contribution in [3.05, 3.63) is 23.9 Å². The van der Waals surface area contributed by atoms with Crippen LogP contribution < -0.4 is 16.0 Å². The molecular weight excluding hydrogens is 507 g/mol. The van der Waals surface area contributed by atoms with Gasteiger partial charge in [0.1, 0.15) is 5.82 Å². The molecule has 3 N–H and O–H groups in total. The maximum absolute atomic E-state index is 12.7. The SMILES string of the molecule is CN=C(NCCC(=O)Nc1cccc(C)n1)NC1CCN(C(=O)C2CCCCC2)C1.I. The molecule has 31 heavy (non-hydrogen) atoms. The molecule has 1 saturated heterocycles. The second-order valence-corrected chi connectivity index (χ2v) is 8.21. The summed E-state index contributed by atoms with van der Waals surface area (Å²) in [5.74, 6) is 1.67. The molecule has 1 unspecified atom stereocenters. The zero-order chi connectivity index (χ0) is 21.3. The van der Waals surface area contributed by atoms with Crippen LogP contribution in [0.15, 0.2) is 23.2 Å². The first-order chi connectivity index (χ1) is 14.5. The number of guanidine groups is 1. The summed E-state index contributed by atoms with van der Waals surface area (Å²) in [6, 6.07) is 5.72. The Morgan fingerprint density at radius 3 is 2.68 bits per heavy atom. The highest BCUT2D eigenvalue weighted by Crippen LogP contribution is 2.26. The minimum absolute atomic E-state index is 0. The highest BCUT2D eigenvalue weighted by molar-refractivity contribution is 14.0. The van der Waals surface area contributed by atoms with E-state index in [-0.39, 0.29) is 41.8 Å². The van der Waals surface area contributed by atoms with Crippen LogP contribution in [0.5, 0.6) is 0 Å². The Morgan fingerprint density at radius 1 is 1.19 bits per heavy atom. The molecule has 1 aliphatic heterocycles. The first-order valence-corrected chi connectivity index (χ1v) is 11.0. The first-order valence-electron chi connectivity index (χ1n) is 11.0. The lowest BCUT2D eigenvalue weighted by Gasteiger charge is -2.26. The molecule has 2 amide bonds. The Labute approximate surface area is 202 Å². The highest BCUT2D eigenvalue weighted by Gasteiger charge is 2.31. The van der Waals surface area contributed by atoms with Crippen LogP contribution in [0.1, 0.15) is 50.6 Å². The van der Waals surface area contributed by atoms with E-state index < -0.39 is 0 Å². The van der Waals surface area contributed by atoms with E-state index in [0.29, 0.717) is 30.7 Å². The van der Waals surface area contributed by atoms with Gasteiger partial charge in [0.05, 0.1) is 0 Å². The number of aryl methyl sites for hydroxylation is 1. The number of carbonyl (C=O) groups excluding carboxylic acids is 2. The maximum Gasteiger partial charge on any atom is 0.227 e. The molecule has 1 aromatic rings. The maximum atomic E-state index is 12.7. The Morgan fingerprint density at radius 2 is 1.97 bits per heavy atom. The molecule has 0 radical (unpaired) electrons. The number of rotatable bonds is 6. The van der Waals surface area contributed by atoms with Crippen LogP contribution >= 0.6 is 24.0 Å². The van der Waals surface area contributed by atoms with E-state index in [1.165, 1.54) is 19.3 Å². The molecule has 2 fully saturated rings. The van der Waals surface area contributed by atoms with Crippen LogP contribution in [-0.4, -0.2) is 60.4 Å². The van der Waals surface area contributed by atoms with Gasteiger partial charge in [-0.3, -0.25) is 14.6 Å². The van der Waals surface area contributed by atoms with Crippen LogP contribution in [0, 0.1) is 12.8 Å². The van der Waals surface area contributed by atoms with Crippen LogP contribution in [0.4, 0.5) is 5.82 Å². The monoisotopic (exact) mass is 542 g/mol. The second kappa shape index (κ2) is 12.8. The number of hydrogen-bond donors (Lipinski definition) is 3. The summed E-state index contributed by atoms with van der Waals surface area (Å²) in [6.45, 7) is 3.87. The van der Waals surface area contributed by atoms with E-state index in [4.69, 9.17) is 0 Å². The molecule has 0 bridgehead atoms. The van der Waals surface area contributed by atoms with Gasteiger partial charge >= 0.3 is 0 Å². The predicted octanol–water partition coefficient (Wildman–Crippen LogP) is 2.68. The van der Waals surface area contributed by atoms with E-state index in [1.807, 2.05) is 24.0 Å². The third kappa shape index (κ3) is 7.93. The summed E-state index contributed by atoms with van der Waals surface area (Å²) >= 11 is 0. The molecule has 2 heterocycles. The van der Waals surface area contributed by atoms with E-state index in [1.54, 1.807) is 13.1 Å². The zero-order valence-corrected chi connectivity index (χ0v) is 20.9. The van der Waals surface area contributed by atoms with Gasteiger partial charge in [-0.05, 0) is 38.3 Å². The molecule has 172 valence electrons. The Bertz CT molecular complexity index is 766. The number of aromatic nitrogens is 1. The first kappa shape index (κ1) is 25.4. The summed E-state index contributed by atoms with van der Waals surface area (Å²) in [6.07, 6.45) is 6.92. The average Bonchev–Trinajstić information content (AvgIpc) is 3.21. The number of anilines is 1. The van der Waals surface area contributed by atoms with E-state index in [0.717, 1.165) is 38.0 Å². The van der Waals surface area contributed by atoms with Gasteiger partial charge in [0.15, 0.2) is 5.96 Å². The lowest BCUT2D eigenvalue weighted by atomic mass is 9.88. The van der Waals surface area contributed by atoms with Crippen LogP contribution in [0.25, 0.3) is 0 Å². The summed E-state index contributed by atoms with van der Waals surface area (Å²) in [7, 11) is 1.71. The minimum atomic E-state index is -0.0961. The Hall–Kier alpha value is -1.91. The largest absolute Gasteiger partial charge is 0.356 e. The number of aliphatic imine (C=N–C) groups is 1. The van der Waals surface area contributed by atoms with Crippen molar-refractivity contribution in [3.63, 3.8) is 0 Å². The van der Waals surface area contributed by atoms with E-state index in [2.05, 4.69) is 25.9 Å². The molecule has 9 heteroatoms. The lowest BCUT2D eigenvalue weighted by Crippen LogP contribution is -2.46. The molecular formula is C22H35IN6O2. The van der Waals surface area contributed by atoms with Gasteiger partial charge in [0.25, 0.3) is 0 Å². The average molecular weight is 542 g/mol. The number of carbonyl (C=O) groups is 2. The fourth-order valence-corrected chi connectivity index (χ4v) is 4.19. The van der Waals surface area contributed by atoms with E-state index in [9.17, 15) is 9.59 Å². The normalized spacial score (nSPS) is 19.5.